The molecule has 0 saturated heterocycles. The minimum absolute atomic E-state index is 0.113. The second-order valence-corrected chi connectivity index (χ2v) is 5.30. The highest BCUT2D eigenvalue weighted by Gasteiger charge is 2.08. The van der Waals surface area contributed by atoms with Crippen molar-refractivity contribution in [3.63, 3.8) is 0 Å². The average molecular weight is 300 g/mol. The van der Waals surface area contributed by atoms with Crippen LogP contribution in [0.3, 0.4) is 0 Å². The zero-order valence-corrected chi connectivity index (χ0v) is 12.3. The van der Waals surface area contributed by atoms with E-state index in [-0.39, 0.29) is 5.91 Å². The van der Waals surface area contributed by atoms with Crippen LogP contribution in [0, 0.1) is 0 Å². The van der Waals surface area contributed by atoms with Gasteiger partial charge in [0.05, 0.1) is 17.4 Å². The van der Waals surface area contributed by atoms with E-state index in [0.29, 0.717) is 17.1 Å². The summed E-state index contributed by atoms with van der Waals surface area (Å²) in [5, 5.41) is 3.58. The quantitative estimate of drug-likeness (QED) is 0.807. The van der Waals surface area contributed by atoms with E-state index in [1.807, 2.05) is 41.9 Å². The SMILES string of the molecule is Cn1cnc2cc(C(=O)NCc3ccc(Cl)cc3)ccc21. The summed E-state index contributed by atoms with van der Waals surface area (Å²) in [4.78, 5) is 16.4. The first-order valence-electron chi connectivity index (χ1n) is 6.57. The van der Waals surface area contributed by atoms with Crippen LogP contribution in [0.4, 0.5) is 0 Å². The number of nitrogens with zero attached hydrogens (tertiary/aromatic N) is 2. The van der Waals surface area contributed by atoms with E-state index in [1.54, 1.807) is 18.5 Å². The van der Waals surface area contributed by atoms with E-state index in [4.69, 9.17) is 11.6 Å². The van der Waals surface area contributed by atoms with Crippen molar-refractivity contribution in [1.82, 2.24) is 14.9 Å². The maximum absolute atomic E-state index is 12.2. The molecule has 1 amide bonds. The lowest BCUT2D eigenvalue weighted by molar-refractivity contribution is 0.0951. The van der Waals surface area contributed by atoms with Gasteiger partial charge in [0, 0.05) is 24.2 Å². The van der Waals surface area contributed by atoms with Gasteiger partial charge in [-0.1, -0.05) is 23.7 Å². The van der Waals surface area contributed by atoms with Gasteiger partial charge in [-0.3, -0.25) is 4.79 Å². The largest absolute Gasteiger partial charge is 0.348 e. The molecule has 106 valence electrons. The van der Waals surface area contributed by atoms with E-state index in [9.17, 15) is 4.79 Å². The minimum atomic E-state index is -0.113. The molecule has 0 radical (unpaired) electrons. The highest BCUT2D eigenvalue weighted by Crippen LogP contribution is 2.14. The molecule has 0 aliphatic carbocycles. The van der Waals surface area contributed by atoms with Crippen molar-refractivity contribution in [1.29, 1.82) is 0 Å². The third-order valence-corrected chi connectivity index (χ3v) is 3.61. The molecule has 1 aromatic heterocycles. The lowest BCUT2D eigenvalue weighted by atomic mass is 10.1. The van der Waals surface area contributed by atoms with E-state index in [2.05, 4.69) is 10.3 Å². The molecule has 0 atom stereocenters. The van der Waals surface area contributed by atoms with Crippen molar-refractivity contribution in [3.05, 3.63) is 64.9 Å². The van der Waals surface area contributed by atoms with Gasteiger partial charge in [-0.05, 0) is 35.9 Å². The molecule has 2 aromatic carbocycles. The molecule has 0 aliphatic heterocycles. The van der Waals surface area contributed by atoms with Gasteiger partial charge in [-0.2, -0.15) is 0 Å². The number of aromatic nitrogens is 2. The van der Waals surface area contributed by atoms with Crippen LogP contribution < -0.4 is 5.32 Å². The van der Waals surface area contributed by atoms with Gasteiger partial charge in [0.1, 0.15) is 0 Å². The minimum Gasteiger partial charge on any atom is -0.348 e. The van der Waals surface area contributed by atoms with E-state index < -0.39 is 0 Å². The van der Waals surface area contributed by atoms with Crippen LogP contribution in [0.15, 0.2) is 48.8 Å². The number of nitrogens with one attached hydrogen (secondary N) is 1. The Bertz CT molecular complexity index is 793. The zero-order valence-electron chi connectivity index (χ0n) is 11.5. The number of carbonyl (C=O) groups excluding carboxylic acids is 1. The topological polar surface area (TPSA) is 46.9 Å². The van der Waals surface area contributed by atoms with Gasteiger partial charge in [0.2, 0.25) is 0 Å². The number of hydrogen-bond donors (Lipinski definition) is 1. The van der Waals surface area contributed by atoms with E-state index in [0.717, 1.165) is 16.6 Å². The summed E-state index contributed by atoms with van der Waals surface area (Å²) in [6.07, 6.45) is 1.74. The number of hydrogen-bond acceptors (Lipinski definition) is 2. The summed E-state index contributed by atoms with van der Waals surface area (Å²) < 4.78 is 1.92. The van der Waals surface area contributed by atoms with Crippen molar-refractivity contribution < 1.29 is 4.79 Å². The second kappa shape index (κ2) is 5.58. The van der Waals surface area contributed by atoms with Crippen LogP contribution in [0.25, 0.3) is 11.0 Å². The Hall–Kier alpha value is -2.33. The molecule has 3 rings (SSSR count). The predicted molar refractivity (Wildman–Crippen MR) is 83.3 cm³/mol. The fourth-order valence-corrected chi connectivity index (χ4v) is 2.29. The molecule has 0 bridgehead atoms. The molecule has 0 spiro atoms. The average Bonchev–Trinajstić information content (AvgIpc) is 2.87. The van der Waals surface area contributed by atoms with Gasteiger partial charge in [0.15, 0.2) is 0 Å². The summed E-state index contributed by atoms with van der Waals surface area (Å²) in [5.74, 6) is -0.113. The molecule has 4 nitrogen and oxygen atoms in total. The number of carbonyl (C=O) groups is 1. The third-order valence-electron chi connectivity index (χ3n) is 3.35. The predicted octanol–water partition coefficient (Wildman–Crippen LogP) is 3.16. The molecule has 21 heavy (non-hydrogen) atoms. The second-order valence-electron chi connectivity index (χ2n) is 4.87. The smallest absolute Gasteiger partial charge is 0.251 e. The number of rotatable bonds is 3. The fraction of sp³-hybridized carbons (Fsp3) is 0.125. The number of amides is 1. The van der Waals surface area contributed by atoms with E-state index in [1.165, 1.54) is 0 Å². The normalized spacial score (nSPS) is 10.8. The Kier molecular flexibility index (Phi) is 3.62. The van der Waals surface area contributed by atoms with E-state index >= 15 is 0 Å². The Labute approximate surface area is 127 Å². The maximum atomic E-state index is 12.2. The van der Waals surface area contributed by atoms with Crippen molar-refractivity contribution in [2.75, 3.05) is 0 Å². The van der Waals surface area contributed by atoms with Gasteiger partial charge >= 0.3 is 0 Å². The maximum Gasteiger partial charge on any atom is 0.251 e. The van der Waals surface area contributed by atoms with Crippen LogP contribution in [0.5, 0.6) is 0 Å². The first kappa shape index (κ1) is 13.6. The van der Waals surface area contributed by atoms with Gasteiger partial charge in [-0.15, -0.1) is 0 Å². The fourth-order valence-electron chi connectivity index (χ4n) is 2.16. The molecule has 0 saturated carbocycles. The molecular formula is C16H14ClN3O. The summed E-state index contributed by atoms with van der Waals surface area (Å²) in [6.45, 7) is 0.469. The van der Waals surface area contributed by atoms with Gasteiger partial charge in [0.25, 0.3) is 5.91 Å². The molecule has 0 unspecified atom stereocenters. The van der Waals surface area contributed by atoms with Crippen molar-refractivity contribution in [2.24, 2.45) is 7.05 Å². The van der Waals surface area contributed by atoms with Crippen LogP contribution in [0.1, 0.15) is 15.9 Å². The zero-order chi connectivity index (χ0) is 14.8. The summed E-state index contributed by atoms with van der Waals surface area (Å²) in [5.41, 5.74) is 3.43. The molecule has 1 N–H and O–H groups in total. The number of aryl methyl sites for hydroxylation is 1. The van der Waals surface area contributed by atoms with Crippen LogP contribution >= 0.6 is 11.6 Å². The first-order valence-corrected chi connectivity index (χ1v) is 6.95. The molecule has 3 aromatic rings. The highest BCUT2D eigenvalue weighted by molar-refractivity contribution is 6.30. The third kappa shape index (κ3) is 2.90. The lowest BCUT2D eigenvalue weighted by Gasteiger charge is -2.06. The highest BCUT2D eigenvalue weighted by atomic mass is 35.5. The van der Waals surface area contributed by atoms with Crippen molar-refractivity contribution in [2.45, 2.75) is 6.54 Å². The number of halogens is 1. The Balaban J connectivity index is 1.73. The number of fused-ring (bicyclic) bond motifs is 1. The standard InChI is InChI=1S/C16H14ClN3O/c1-20-10-19-14-8-12(4-7-15(14)20)16(21)18-9-11-2-5-13(17)6-3-11/h2-8,10H,9H2,1H3,(H,18,21). The number of benzene rings is 2. The monoisotopic (exact) mass is 299 g/mol. The number of imidazole rings is 1. The van der Waals surface area contributed by atoms with Gasteiger partial charge < -0.3 is 9.88 Å². The molecule has 1 heterocycles. The van der Waals surface area contributed by atoms with Crippen molar-refractivity contribution in [3.8, 4) is 0 Å². The van der Waals surface area contributed by atoms with Crippen LogP contribution in [0.2, 0.25) is 5.02 Å². The van der Waals surface area contributed by atoms with Gasteiger partial charge in [-0.25, -0.2) is 4.98 Å². The molecule has 5 heteroatoms. The van der Waals surface area contributed by atoms with Crippen LogP contribution in [-0.4, -0.2) is 15.5 Å². The molecular weight excluding hydrogens is 286 g/mol. The summed E-state index contributed by atoms with van der Waals surface area (Å²) in [6, 6.07) is 12.9. The Morgan fingerprint density at radius 2 is 2.00 bits per heavy atom. The summed E-state index contributed by atoms with van der Waals surface area (Å²) in [7, 11) is 1.93. The molecule has 0 fully saturated rings. The first-order chi connectivity index (χ1) is 10.1. The molecule has 0 aliphatic rings. The summed E-state index contributed by atoms with van der Waals surface area (Å²) >= 11 is 5.83. The van der Waals surface area contributed by atoms with Crippen molar-refractivity contribution >= 4 is 28.5 Å². The lowest BCUT2D eigenvalue weighted by Crippen LogP contribution is -2.22. The Morgan fingerprint density at radius 3 is 2.76 bits per heavy atom. The van der Waals surface area contributed by atoms with Crippen LogP contribution in [-0.2, 0) is 13.6 Å². The Morgan fingerprint density at radius 1 is 1.24 bits per heavy atom.